The molecule has 6 heteroatoms. The van der Waals surface area contributed by atoms with E-state index in [4.69, 9.17) is 9.52 Å². The van der Waals surface area contributed by atoms with E-state index in [1.807, 2.05) is 37.6 Å². The van der Waals surface area contributed by atoms with Crippen molar-refractivity contribution in [2.75, 3.05) is 6.61 Å². The zero-order chi connectivity index (χ0) is 16.1. The van der Waals surface area contributed by atoms with Gasteiger partial charge in [-0.15, -0.1) is 0 Å². The van der Waals surface area contributed by atoms with Crippen molar-refractivity contribution in [2.45, 2.75) is 39.7 Å². The van der Waals surface area contributed by atoms with Crippen LogP contribution in [0.5, 0.6) is 0 Å². The molecule has 2 aromatic heterocycles. The Hall–Kier alpha value is -1.66. The predicted molar refractivity (Wildman–Crippen MR) is 86.7 cm³/mol. The molecular weight excluding hydrogens is 300 g/mol. The molecule has 0 spiro atoms. The number of hydrogen-bond acceptors (Lipinski definition) is 5. The normalized spacial score (nSPS) is 12.6. The van der Waals surface area contributed by atoms with E-state index in [9.17, 15) is 4.79 Å². The van der Waals surface area contributed by atoms with E-state index in [-0.39, 0.29) is 30.9 Å². The molecule has 1 atom stereocenters. The van der Waals surface area contributed by atoms with E-state index in [1.165, 1.54) is 0 Å². The number of carbonyl (C=O) groups is 1. The molecule has 0 saturated carbocycles. The van der Waals surface area contributed by atoms with Gasteiger partial charge in [0.15, 0.2) is 0 Å². The second-order valence-corrected chi connectivity index (χ2v) is 6.42. The molecule has 1 amide bonds. The highest BCUT2D eigenvalue weighted by Crippen LogP contribution is 2.24. The number of rotatable bonds is 7. The minimum Gasteiger partial charge on any atom is -0.441 e. The van der Waals surface area contributed by atoms with Gasteiger partial charge < -0.3 is 14.8 Å². The summed E-state index contributed by atoms with van der Waals surface area (Å²) in [5.74, 6) is 1.40. The van der Waals surface area contributed by atoms with Gasteiger partial charge in [-0.3, -0.25) is 4.79 Å². The summed E-state index contributed by atoms with van der Waals surface area (Å²) in [6.07, 6.45) is 0.746. The van der Waals surface area contributed by atoms with E-state index < -0.39 is 0 Å². The average molecular weight is 322 g/mol. The molecule has 0 aliphatic rings. The Balaban J connectivity index is 2.02. The topological polar surface area (TPSA) is 75.4 Å². The molecular formula is C16H22N2O3S. The summed E-state index contributed by atoms with van der Waals surface area (Å²) in [6.45, 7) is 5.93. The summed E-state index contributed by atoms with van der Waals surface area (Å²) < 4.78 is 5.64. The summed E-state index contributed by atoms with van der Waals surface area (Å²) >= 11 is 1.58. The van der Waals surface area contributed by atoms with E-state index in [2.05, 4.69) is 10.3 Å². The molecule has 22 heavy (non-hydrogen) atoms. The van der Waals surface area contributed by atoms with Gasteiger partial charge in [-0.2, -0.15) is 11.3 Å². The average Bonchev–Trinajstić information content (AvgIpc) is 3.08. The van der Waals surface area contributed by atoms with Crippen molar-refractivity contribution in [3.63, 3.8) is 0 Å². The van der Waals surface area contributed by atoms with E-state index >= 15 is 0 Å². The van der Waals surface area contributed by atoms with E-state index in [0.29, 0.717) is 23.8 Å². The Morgan fingerprint density at radius 3 is 2.86 bits per heavy atom. The van der Waals surface area contributed by atoms with Gasteiger partial charge in [0.05, 0.1) is 12.1 Å². The van der Waals surface area contributed by atoms with Crippen LogP contribution in [0.1, 0.15) is 31.7 Å². The van der Waals surface area contributed by atoms with Crippen LogP contribution in [0.2, 0.25) is 0 Å². The number of hydrogen-bond donors (Lipinski definition) is 2. The molecule has 0 aromatic carbocycles. The molecule has 0 radical (unpaired) electrons. The maximum Gasteiger partial charge on any atom is 0.227 e. The standard InChI is InChI=1S/C16H22N2O3S/c1-10(2)13(4-6-19)17-15(20)8-14-11(3)21-16(18-14)12-5-7-22-9-12/h5,7,9-10,13,19H,4,6,8H2,1-3H3,(H,17,20). The molecule has 0 saturated heterocycles. The number of carbonyl (C=O) groups excluding carboxylic acids is 1. The van der Waals surface area contributed by atoms with Crippen molar-refractivity contribution >= 4 is 17.2 Å². The number of aliphatic hydroxyl groups is 1. The minimum absolute atomic E-state index is 0.0268. The Bertz CT molecular complexity index is 605. The third-order valence-corrected chi connectivity index (χ3v) is 4.26. The second-order valence-electron chi connectivity index (χ2n) is 5.64. The summed E-state index contributed by atoms with van der Waals surface area (Å²) in [6, 6.07) is 1.91. The summed E-state index contributed by atoms with van der Waals surface area (Å²) in [7, 11) is 0. The largest absolute Gasteiger partial charge is 0.441 e. The smallest absolute Gasteiger partial charge is 0.227 e. The van der Waals surface area contributed by atoms with Crippen LogP contribution in [0.3, 0.4) is 0 Å². The van der Waals surface area contributed by atoms with Crippen LogP contribution in [-0.4, -0.2) is 28.6 Å². The molecule has 1 unspecified atom stereocenters. The SMILES string of the molecule is Cc1oc(-c2ccsc2)nc1CC(=O)NC(CCO)C(C)C. The minimum atomic E-state index is -0.0968. The van der Waals surface area contributed by atoms with Crippen LogP contribution in [0.15, 0.2) is 21.2 Å². The molecule has 0 aliphatic heterocycles. The molecule has 120 valence electrons. The fourth-order valence-electron chi connectivity index (χ4n) is 2.22. The highest BCUT2D eigenvalue weighted by molar-refractivity contribution is 7.08. The fourth-order valence-corrected chi connectivity index (χ4v) is 2.85. The van der Waals surface area contributed by atoms with Gasteiger partial charge in [-0.1, -0.05) is 13.8 Å². The Labute approximate surface area is 134 Å². The zero-order valence-electron chi connectivity index (χ0n) is 13.1. The van der Waals surface area contributed by atoms with Crippen LogP contribution in [0.25, 0.3) is 11.5 Å². The number of aliphatic hydroxyl groups excluding tert-OH is 1. The molecule has 0 bridgehead atoms. The first-order valence-electron chi connectivity index (χ1n) is 7.40. The van der Waals surface area contributed by atoms with Gasteiger partial charge in [0.1, 0.15) is 5.76 Å². The van der Waals surface area contributed by atoms with Gasteiger partial charge in [-0.05, 0) is 30.7 Å². The lowest BCUT2D eigenvalue weighted by molar-refractivity contribution is -0.121. The van der Waals surface area contributed by atoms with Crippen molar-refractivity contribution in [1.82, 2.24) is 10.3 Å². The highest BCUT2D eigenvalue weighted by Gasteiger charge is 2.19. The first-order chi connectivity index (χ1) is 10.5. The Morgan fingerprint density at radius 2 is 2.27 bits per heavy atom. The molecule has 2 rings (SSSR count). The lowest BCUT2D eigenvalue weighted by Crippen LogP contribution is -2.40. The number of aryl methyl sites for hydroxylation is 1. The van der Waals surface area contributed by atoms with Crippen LogP contribution in [-0.2, 0) is 11.2 Å². The zero-order valence-corrected chi connectivity index (χ0v) is 13.9. The first-order valence-corrected chi connectivity index (χ1v) is 8.34. The monoisotopic (exact) mass is 322 g/mol. The molecule has 5 nitrogen and oxygen atoms in total. The van der Waals surface area contributed by atoms with Crippen molar-refractivity contribution in [1.29, 1.82) is 0 Å². The Morgan fingerprint density at radius 1 is 1.50 bits per heavy atom. The van der Waals surface area contributed by atoms with Gasteiger partial charge in [-0.25, -0.2) is 4.98 Å². The van der Waals surface area contributed by atoms with Crippen molar-refractivity contribution in [3.05, 3.63) is 28.3 Å². The van der Waals surface area contributed by atoms with Crippen LogP contribution in [0.4, 0.5) is 0 Å². The number of thiophene rings is 1. The third-order valence-electron chi connectivity index (χ3n) is 3.58. The lowest BCUT2D eigenvalue weighted by Gasteiger charge is -2.21. The van der Waals surface area contributed by atoms with Crippen LogP contribution < -0.4 is 5.32 Å². The molecule has 2 aromatic rings. The molecule has 0 fully saturated rings. The third kappa shape index (κ3) is 4.18. The maximum absolute atomic E-state index is 12.2. The number of nitrogens with one attached hydrogen (secondary N) is 1. The maximum atomic E-state index is 12.2. The van der Waals surface area contributed by atoms with Crippen LogP contribution in [0, 0.1) is 12.8 Å². The molecule has 2 heterocycles. The summed E-state index contributed by atoms with van der Waals surface area (Å²) in [4.78, 5) is 16.6. The van der Waals surface area contributed by atoms with Gasteiger partial charge in [0, 0.05) is 23.6 Å². The molecule has 0 aliphatic carbocycles. The van der Waals surface area contributed by atoms with Gasteiger partial charge >= 0.3 is 0 Å². The number of aromatic nitrogens is 1. The van der Waals surface area contributed by atoms with Crippen LogP contribution >= 0.6 is 11.3 Å². The van der Waals surface area contributed by atoms with Crippen molar-refractivity contribution < 1.29 is 14.3 Å². The quantitative estimate of drug-likeness (QED) is 0.822. The lowest BCUT2D eigenvalue weighted by atomic mass is 10.0. The summed E-state index contributed by atoms with van der Waals surface area (Å²) in [5, 5.41) is 15.9. The summed E-state index contributed by atoms with van der Waals surface area (Å²) in [5.41, 5.74) is 1.59. The fraction of sp³-hybridized carbons (Fsp3) is 0.500. The van der Waals surface area contributed by atoms with Gasteiger partial charge in [0.25, 0.3) is 0 Å². The van der Waals surface area contributed by atoms with Crippen molar-refractivity contribution in [2.24, 2.45) is 5.92 Å². The molecule has 2 N–H and O–H groups in total. The number of nitrogens with zero attached hydrogens (tertiary/aromatic N) is 1. The number of oxazole rings is 1. The van der Waals surface area contributed by atoms with E-state index in [1.54, 1.807) is 11.3 Å². The van der Waals surface area contributed by atoms with Gasteiger partial charge in [0.2, 0.25) is 11.8 Å². The number of amides is 1. The second kappa shape index (κ2) is 7.56. The highest BCUT2D eigenvalue weighted by atomic mass is 32.1. The first kappa shape index (κ1) is 16.7. The van der Waals surface area contributed by atoms with E-state index in [0.717, 1.165) is 5.56 Å². The Kier molecular flexibility index (Phi) is 5.74. The predicted octanol–water partition coefficient (Wildman–Crippen LogP) is 2.78. The van der Waals surface area contributed by atoms with Crippen molar-refractivity contribution in [3.8, 4) is 11.5 Å².